The van der Waals surface area contributed by atoms with Gasteiger partial charge in [0.15, 0.2) is 0 Å². The first-order chi connectivity index (χ1) is 12.7. The Hall–Kier alpha value is -2.57. The summed E-state index contributed by atoms with van der Waals surface area (Å²) in [5.41, 5.74) is 0.779. The van der Waals surface area contributed by atoms with Crippen LogP contribution in [-0.2, 0) is 17.4 Å². The van der Waals surface area contributed by atoms with E-state index >= 15 is 0 Å². The number of nitrogens with two attached hydrogens (primary N) is 1. The highest BCUT2D eigenvalue weighted by atomic mass is 32.2. The molecule has 148 valence electrons. The van der Waals surface area contributed by atoms with Gasteiger partial charge in [0.25, 0.3) is 5.82 Å². The van der Waals surface area contributed by atoms with Crippen molar-refractivity contribution < 1.29 is 31.5 Å². The summed E-state index contributed by atoms with van der Waals surface area (Å²) in [5, 5.41) is 8.57. The third-order valence-electron chi connectivity index (χ3n) is 3.13. The van der Waals surface area contributed by atoms with E-state index in [1.807, 2.05) is 0 Å². The zero-order chi connectivity index (χ0) is 20.0. The second-order valence-corrected chi connectivity index (χ2v) is 6.03. The van der Waals surface area contributed by atoms with Gasteiger partial charge in [-0.25, -0.2) is 4.68 Å². The van der Waals surface area contributed by atoms with Crippen LogP contribution in [0.4, 0.5) is 22.0 Å². The number of carbonyl (C=O) groups is 1. The summed E-state index contributed by atoms with van der Waals surface area (Å²) >= 11 is 0.711. The van der Waals surface area contributed by atoms with Crippen LogP contribution in [0.25, 0.3) is 0 Å². The van der Waals surface area contributed by atoms with Crippen LogP contribution in [0.1, 0.15) is 11.4 Å². The Kier molecular flexibility index (Phi) is 6.82. The second kappa shape index (κ2) is 8.88. The summed E-state index contributed by atoms with van der Waals surface area (Å²) in [6, 6.07) is 5.92. The van der Waals surface area contributed by atoms with Crippen LogP contribution < -0.4 is 15.9 Å². The third-order valence-corrected chi connectivity index (χ3v) is 4.08. The predicted molar refractivity (Wildman–Crippen MR) is 85.7 cm³/mol. The van der Waals surface area contributed by atoms with E-state index in [0.717, 1.165) is 5.56 Å². The van der Waals surface area contributed by atoms with E-state index in [2.05, 4.69) is 20.3 Å². The number of nitrogens with one attached hydrogen (secondary N) is 1. The third kappa shape index (κ3) is 6.27. The Morgan fingerprint density at radius 3 is 2.48 bits per heavy atom. The molecular formula is C14H14F5N5O2S. The lowest BCUT2D eigenvalue weighted by atomic mass is 10.1. The van der Waals surface area contributed by atoms with Crippen LogP contribution in [0.3, 0.4) is 0 Å². The molecule has 0 aliphatic rings. The summed E-state index contributed by atoms with van der Waals surface area (Å²) in [4.78, 5) is 11.7. The van der Waals surface area contributed by atoms with Gasteiger partial charge in [0, 0.05) is 6.54 Å². The minimum Gasteiger partial charge on any atom is -0.435 e. The average molecular weight is 411 g/mol. The topological polar surface area (TPSA) is 95.1 Å². The maximum atomic E-state index is 12.5. The maximum Gasteiger partial charge on any atom is 0.453 e. The van der Waals surface area contributed by atoms with Crippen molar-refractivity contribution in [3.63, 3.8) is 0 Å². The lowest BCUT2D eigenvalue weighted by Crippen LogP contribution is -2.27. The molecule has 0 radical (unpaired) electrons. The molecule has 0 saturated heterocycles. The number of rotatable bonds is 8. The molecular weight excluding hydrogens is 397 g/mol. The number of nitrogens with zero attached hydrogens (tertiary/aromatic N) is 3. The number of halogens is 5. The lowest BCUT2D eigenvalue weighted by molar-refractivity contribution is -0.146. The Balaban J connectivity index is 1.75. The fourth-order valence-corrected chi connectivity index (χ4v) is 2.62. The fraction of sp³-hybridized carbons (Fsp3) is 0.357. The maximum absolute atomic E-state index is 12.5. The number of thioether (sulfide) groups is 1. The summed E-state index contributed by atoms with van der Waals surface area (Å²) in [7, 11) is 0. The molecule has 0 aliphatic carbocycles. The molecule has 1 heterocycles. The van der Waals surface area contributed by atoms with Gasteiger partial charge in [-0.2, -0.15) is 22.0 Å². The monoisotopic (exact) mass is 411 g/mol. The molecule has 3 N–H and O–H groups in total. The van der Waals surface area contributed by atoms with Crippen molar-refractivity contribution in [3.8, 4) is 5.75 Å². The number of ether oxygens (including phenoxy) is 1. The molecule has 27 heavy (non-hydrogen) atoms. The lowest BCUT2D eigenvalue weighted by Gasteiger charge is -2.08. The van der Waals surface area contributed by atoms with Crippen molar-refractivity contribution in [1.29, 1.82) is 0 Å². The number of aromatic nitrogens is 3. The van der Waals surface area contributed by atoms with Crippen LogP contribution in [0, 0.1) is 0 Å². The van der Waals surface area contributed by atoms with Gasteiger partial charge in [0.05, 0.1) is 5.75 Å². The van der Waals surface area contributed by atoms with E-state index in [1.165, 1.54) is 12.1 Å². The van der Waals surface area contributed by atoms with Crippen LogP contribution in [0.2, 0.25) is 0 Å². The van der Waals surface area contributed by atoms with E-state index in [9.17, 15) is 26.7 Å². The minimum absolute atomic E-state index is 0.0262. The molecule has 7 nitrogen and oxygen atoms in total. The van der Waals surface area contributed by atoms with Crippen molar-refractivity contribution in [3.05, 3.63) is 35.7 Å². The Morgan fingerprint density at radius 2 is 1.93 bits per heavy atom. The highest BCUT2D eigenvalue weighted by molar-refractivity contribution is 7.99. The van der Waals surface area contributed by atoms with E-state index in [0.29, 0.717) is 18.2 Å². The summed E-state index contributed by atoms with van der Waals surface area (Å²) in [6.07, 6.45) is -4.31. The first-order valence-corrected chi connectivity index (χ1v) is 8.36. The number of amides is 1. The van der Waals surface area contributed by atoms with Crippen molar-refractivity contribution in [1.82, 2.24) is 20.2 Å². The number of alkyl halides is 5. The van der Waals surface area contributed by atoms with Gasteiger partial charge in [-0.3, -0.25) is 4.79 Å². The predicted octanol–water partition coefficient (Wildman–Crippen LogP) is 2.06. The Bertz CT molecular complexity index is 766. The van der Waals surface area contributed by atoms with Gasteiger partial charge in [-0.15, -0.1) is 10.2 Å². The number of carbonyl (C=O) groups excluding carboxylic acids is 1. The molecule has 0 fully saturated rings. The Morgan fingerprint density at radius 1 is 1.26 bits per heavy atom. The highest BCUT2D eigenvalue weighted by Gasteiger charge is 2.38. The molecule has 13 heteroatoms. The minimum atomic E-state index is -4.74. The van der Waals surface area contributed by atoms with Crippen molar-refractivity contribution in [2.45, 2.75) is 24.4 Å². The van der Waals surface area contributed by atoms with Gasteiger partial charge >= 0.3 is 12.8 Å². The van der Waals surface area contributed by atoms with Crippen molar-refractivity contribution in [2.24, 2.45) is 0 Å². The number of nitrogen functional groups attached to an aromatic ring is 1. The van der Waals surface area contributed by atoms with Crippen LogP contribution >= 0.6 is 11.8 Å². The zero-order valence-corrected chi connectivity index (χ0v) is 14.4. The average Bonchev–Trinajstić information content (AvgIpc) is 2.95. The van der Waals surface area contributed by atoms with E-state index in [1.54, 1.807) is 12.1 Å². The van der Waals surface area contributed by atoms with Gasteiger partial charge in [0.2, 0.25) is 11.1 Å². The molecule has 0 saturated carbocycles. The smallest absolute Gasteiger partial charge is 0.435 e. The van der Waals surface area contributed by atoms with E-state index < -0.39 is 24.5 Å². The van der Waals surface area contributed by atoms with Gasteiger partial charge in [-0.1, -0.05) is 23.9 Å². The van der Waals surface area contributed by atoms with Gasteiger partial charge < -0.3 is 15.9 Å². The van der Waals surface area contributed by atoms with Crippen LogP contribution in [-0.4, -0.2) is 39.7 Å². The summed E-state index contributed by atoms with van der Waals surface area (Å²) in [5.74, 6) is 3.29. The first kappa shape index (κ1) is 20.7. The molecule has 0 bridgehead atoms. The molecule has 1 aromatic carbocycles. The summed E-state index contributed by atoms with van der Waals surface area (Å²) < 4.78 is 66.2. The molecule has 0 aliphatic heterocycles. The Labute approximate surface area is 154 Å². The quantitative estimate of drug-likeness (QED) is 0.392. The SMILES string of the molecule is Nn1c(SCC(=O)NCCc2ccc(OC(F)F)cc2)nnc1C(F)(F)F. The van der Waals surface area contributed by atoms with Gasteiger partial charge in [-0.05, 0) is 24.1 Å². The highest BCUT2D eigenvalue weighted by Crippen LogP contribution is 2.28. The molecule has 0 spiro atoms. The normalized spacial score (nSPS) is 11.6. The number of hydrogen-bond donors (Lipinski definition) is 2. The largest absolute Gasteiger partial charge is 0.453 e. The molecule has 1 amide bonds. The molecule has 0 unspecified atom stereocenters. The van der Waals surface area contributed by atoms with Gasteiger partial charge in [0.1, 0.15) is 5.75 Å². The second-order valence-electron chi connectivity index (χ2n) is 5.09. The molecule has 0 atom stereocenters. The fourth-order valence-electron chi connectivity index (χ4n) is 1.93. The molecule has 2 aromatic rings. The number of hydrogen-bond acceptors (Lipinski definition) is 6. The first-order valence-electron chi connectivity index (χ1n) is 7.37. The molecule has 1 aromatic heterocycles. The zero-order valence-electron chi connectivity index (χ0n) is 13.5. The van der Waals surface area contributed by atoms with Crippen LogP contribution in [0.15, 0.2) is 29.4 Å². The standard InChI is InChI=1S/C14H14F5N5O2S/c15-12(16)26-9-3-1-8(2-4-9)5-6-21-10(25)7-27-13-23-22-11(24(13)20)14(17,18)19/h1-4,12H,5-7,20H2,(H,21,25). The number of benzene rings is 1. The van der Waals surface area contributed by atoms with E-state index in [-0.39, 0.29) is 27.9 Å². The molecule has 2 rings (SSSR count). The van der Waals surface area contributed by atoms with E-state index in [4.69, 9.17) is 5.84 Å². The van der Waals surface area contributed by atoms with Crippen molar-refractivity contribution in [2.75, 3.05) is 18.1 Å². The van der Waals surface area contributed by atoms with Crippen molar-refractivity contribution >= 4 is 17.7 Å². The summed E-state index contributed by atoms with van der Waals surface area (Å²) in [6.45, 7) is -2.66. The van der Waals surface area contributed by atoms with Crippen LogP contribution in [0.5, 0.6) is 5.75 Å².